The Balaban J connectivity index is 1.63. The molecule has 0 fully saturated rings. The topological polar surface area (TPSA) is 103 Å². The minimum absolute atomic E-state index is 0.000848. The van der Waals surface area contributed by atoms with E-state index in [-0.39, 0.29) is 18.3 Å². The van der Waals surface area contributed by atoms with Gasteiger partial charge in [-0.3, -0.25) is 4.79 Å². The normalized spacial score (nSPS) is 11.0. The van der Waals surface area contributed by atoms with Crippen molar-refractivity contribution in [2.45, 2.75) is 25.4 Å². The Bertz CT molecular complexity index is 1230. The molecule has 32 heavy (non-hydrogen) atoms. The molecule has 0 unspecified atom stereocenters. The molecule has 0 aliphatic carbocycles. The third kappa shape index (κ3) is 4.24. The number of nitrogens with two attached hydrogens (primary N) is 1. The summed E-state index contributed by atoms with van der Waals surface area (Å²) >= 11 is 1.41. The summed E-state index contributed by atoms with van der Waals surface area (Å²) in [5, 5.41) is 9.23. The smallest absolute Gasteiger partial charge is 0.264 e. The van der Waals surface area contributed by atoms with Gasteiger partial charge in [0.05, 0.1) is 0 Å². The monoisotopic (exact) mass is 448 g/mol. The first-order valence-corrected chi connectivity index (χ1v) is 11.4. The van der Waals surface area contributed by atoms with Crippen molar-refractivity contribution >= 4 is 29.2 Å². The SMILES string of the molecule is CCN(C(=O)Cn1nc(SC)c(-c2nc(-c3ccccc3)no2)c1N)c1cccc(C)c1. The van der Waals surface area contributed by atoms with Crippen LogP contribution in [0.15, 0.2) is 64.1 Å². The van der Waals surface area contributed by atoms with Crippen LogP contribution in [0.1, 0.15) is 12.5 Å². The van der Waals surface area contributed by atoms with Crippen molar-refractivity contribution in [3.63, 3.8) is 0 Å². The molecule has 2 aromatic heterocycles. The fourth-order valence-corrected chi connectivity index (χ4v) is 4.03. The molecule has 1 amide bonds. The van der Waals surface area contributed by atoms with Crippen LogP contribution in [-0.4, -0.2) is 38.6 Å². The van der Waals surface area contributed by atoms with Gasteiger partial charge in [0.25, 0.3) is 5.89 Å². The number of thioether (sulfide) groups is 1. The fourth-order valence-electron chi connectivity index (χ4n) is 3.46. The number of hydrogen-bond donors (Lipinski definition) is 1. The maximum absolute atomic E-state index is 13.1. The van der Waals surface area contributed by atoms with E-state index in [1.807, 2.05) is 74.7 Å². The van der Waals surface area contributed by atoms with Gasteiger partial charge in [0.2, 0.25) is 11.7 Å². The largest absolute Gasteiger partial charge is 0.383 e. The van der Waals surface area contributed by atoms with Crippen LogP contribution in [0.25, 0.3) is 22.8 Å². The predicted octanol–water partition coefficient (Wildman–Crippen LogP) is 4.27. The van der Waals surface area contributed by atoms with Crippen LogP contribution in [0, 0.1) is 6.92 Å². The lowest BCUT2D eigenvalue weighted by molar-refractivity contribution is -0.119. The van der Waals surface area contributed by atoms with E-state index in [1.54, 1.807) is 4.90 Å². The Hall–Kier alpha value is -3.59. The van der Waals surface area contributed by atoms with Crippen LogP contribution in [0.4, 0.5) is 11.5 Å². The molecule has 2 N–H and O–H groups in total. The molecule has 0 aliphatic heterocycles. The van der Waals surface area contributed by atoms with Crippen LogP contribution in [0.5, 0.6) is 0 Å². The third-order valence-electron chi connectivity index (χ3n) is 5.04. The van der Waals surface area contributed by atoms with Crippen LogP contribution < -0.4 is 10.6 Å². The fraction of sp³-hybridized carbons (Fsp3) is 0.217. The molecule has 8 nitrogen and oxygen atoms in total. The lowest BCUT2D eigenvalue weighted by Gasteiger charge is -2.21. The lowest BCUT2D eigenvalue weighted by atomic mass is 10.2. The van der Waals surface area contributed by atoms with Crippen LogP contribution >= 0.6 is 11.8 Å². The summed E-state index contributed by atoms with van der Waals surface area (Å²) in [6, 6.07) is 17.4. The number of aryl methyl sites for hydroxylation is 1. The summed E-state index contributed by atoms with van der Waals surface area (Å²) in [6.07, 6.45) is 1.89. The van der Waals surface area contributed by atoms with Gasteiger partial charge in [-0.15, -0.1) is 11.8 Å². The number of nitrogen functional groups attached to an aromatic ring is 1. The highest BCUT2D eigenvalue weighted by Gasteiger charge is 2.25. The van der Waals surface area contributed by atoms with Crippen LogP contribution in [0.2, 0.25) is 0 Å². The molecule has 164 valence electrons. The van der Waals surface area contributed by atoms with Crippen molar-refractivity contribution in [2.24, 2.45) is 0 Å². The first-order chi connectivity index (χ1) is 15.5. The number of carbonyl (C=O) groups excluding carboxylic acids is 1. The van der Waals surface area contributed by atoms with Gasteiger partial charge in [-0.1, -0.05) is 47.6 Å². The Morgan fingerprint density at radius 1 is 1.19 bits per heavy atom. The van der Waals surface area contributed by atoms with E-state index in [0.29, 0.717) is 28.8 Å². The molecule has 0 radical (unpaired) electrons. The average Bonchev–Trinajstić information content (AvgIpc) is 3.40. The molecular weight excluding hydrogens is 424 g/mol. The first kappa shape index (κ1) is 21.6. The van der Waals surface area contributed by atoms with Crippen molar-refractivity contribution in [3.05, 3.63) is 60.2 Å². The molecule has 0 bridgehead atoms. The van der Waals surface area contributed by atoms with Crippen molar-refractivity contribution in [2.75, 3.05) is 23.4 Å². The molecule has 2 heterocycles. The minimum atomic E-state index is -0.109. The molecule has 2 aromatic carbocycles. The summed E-state index contributed by atoms with van der Waals surface area (Å²) in [7, 11) is 0. The Labute approximate surface area is 190 Å². The summed E-state index contributed by atoms with van der Waals surface area (Å²) in [4.78, 5) is 19.3. The van der Waals surface area contributed by atoms with Gasteiger partial charge in [0, 0.05) is 17.8 Å². The zero-order valence-electron chi connectivity index (χ0n) is 18.1. The second-order valence-corrected chi connectivity index (χ2v) is 7.99. The van der Waals surface area contributed by atoms with Crippen LogP contribution in [-0.2, 0) is 11.3 Å². The highest BCUT2D eigenvalue weighted by molar-refractivity contribution is 7.98. The maximum Gasteiger partial charge on any atom is 0.264 e. The molecule has 0 saturated carbocycles. The summed E-state index contributed by atoms with van der Waals surface area (Å²) in [6.45, 7) is 4.48. The van der Waals surface area contributed by atoms with Gasteiger partial charge in [0.15, 0.2) is 0 Å². The molecule has 0 saturated heterocycles. The molecule has 0 spiro atoms. The number of amides is 1. The molecule has 9 heteroatoms. The Morgan fingerprint density at radius 3 is 2.66 bits per heavy atom. The summed E-state index contributed by atoms with van der Waals surface area (Å²) in [5.41, 5.74) is 9.71. The average molecular weight is 449 g/mol. The zero-order chi connectivity index (χ0) is 22.7. The highest BCUT2D eigenvalue weighted by atomic mass is 32.2. The number of hydrogen-bond acceptors (Lipinski definition) is 7. The quantitative estimate of drug-likeness (QED) is 0.421. The molecule has 0 aliphatic rings. The van der Waals surface area contributed by atoms with E-state index in [0.717, 1.165) is 16.8 Å². The van der Waals surface area contributed by atoms with Gasteiger partial charge in [-0.05, 0) is 37.8 Å². The number of carbonyl (C=O) groups is 1. The zero-order valence-corrected chi connectivity index (χ0v) is 19.0. The number of likely N-dealkylation sites (N-methyl/N-ethyl adjacent to an activating group) is 1. The van der Waals surface area contributed by atoms with Crippen molar-refractivity contribution in [3.8, 4) is 22.8 Å². The van der Waals surface area contributed by atoms with Crippen molar-refractivity contribution < 1.29 is 9.32 Å². The lowest BCUT2D eigenvalue weighted by Crippen LogP contribution is -2.34. The van der Waals surface area contributed by atoms with E-state index in [1.165, 1.54) is 16.4 Å². The summed E-state index contributed by atoms with van der Waals surface area (Å²) < 4.78 is 6.99. The Morgan fingerprint density at radius 2 is 1.97 bits per heavy atom. The van der Waals surface area contributed by atoms with Gasteiger partial charge in [-0.2, -0.15) is 10.1 Å². The van der Waals surface area contributed by atoms with E-state index >= 15 is 0 Å². The molecule has 4 rings (SSSR count). The third-order valence-corrected chi connectivity index (χ3v) is 5.71. The minimum Gasteiger partial charge on any atom is -0.383 e. The number of benzene rings is 2. The second-order valence-electron chi connectivity index (χ2n) is 7.19. The number of nitrogens with zero attached hydrogens (tertiary/aromatic N) is 5. The van der Waals surface area contributed by atoms with Crippen LogP contribution in [0.3, 0.4) is 0 Å². The van der Waals surface area contributed by atoms with Gasteiger partial charge < -0.3 is 15.2 Å². The predicted molar refractivity (Wildman–Crippen MR) is 126 cm³/mol. The van der Waals surface area contributed by atoms with E-state index in [4.69, 9.17) is 10.3 Å². The number of anilines is 2. The first-order valence-electron chi connectivity index (χ1n) is 10.2. The highest BCUT2D eigenvalue weighted by Crippen LogP contribution is 2.35. The van der Waals surface area contributed by atoms with Crippen molar-refractivity contribution in [1.29, 1.82) is 0 Å². The van der Waals surface area contributed by atoms with E-state index < -0.39 is 0 Å². The van der Waals surface area contributed by atoms with E-state index in [2.05, 4.69) is 15.2 Å². The number of aromatic nitrogens is 4. The van der Waals surface area contributed by atoms with Gasteiger partial charge in [-0.25, -0.2) is 4.68 Å². The molecule has 4 aromatic rings. The standard InChI is InChI=1S/C23H24N6O2S/c1-4-28(17-12-8-9-15(2)13-17)18(30)14-29-20(24)19(23(26-29)32-3)22-25-21(27-31-22)16-10-6-5-7-11-16/h5-13H,4,14,24H2,1-3H3. The van der Waals surface area contributed by atoms with E-state index in [9.17, 15) is 4.79 Å². The molecule has 0 atom stereocenters. The second kappa shape index (κ2) is 9.27. The number of rotatable bonds is 7. The molecular formula is C23H24N6O2S. The van der Waals surface area contributed by atoms with Gasteiger partial charge >= 0.3 is 0 Å². The Kier molecular flexibility index (Phi) is 6.27. The van der Waals surface area contributed by atoms with Crippen molar-refractivity contribution in [1.82, 2.24) is 19.9 Å². The summed E-state index contributed by atoms with van der Waals surface area (Å²) in [5.74, 6) is 0.941. The van der Waals surface area contributed by atoms with Gasteiger partial charge in [0.1, 0.15) is 23.0 Å². The maximum atomic E-state index is 13.1.